The first-order valence-electron chi connectivity index (χ1n) is 7.36. The highest BCUT2D eigenvalue weighted by atomic mass is 32.2. The van der Waals surface area contributed by atoms with Crippen LogP contribution < -0.4 is 10.0 Å². The highest BCUT2D eigenvalue weighted by molar-refractivity contribution is 7.89. The monoisotopic (exact) mass is 296 g/mol. The molecule has 2 unspecified atom stereocenters. The maximum Gasteiger partial charge on any atom is 0.240 e. The summed E-state index contributed by atoms with van der Waals surface area (Å²) >= 11 is 0. The van der Waals surface area contributed by atoms with E-state index in [2.05, 4.69) is 17.0 Å². The van der Waals surface area contributed by atoms with Crippen LogP contribution in [0.15, 0.2) is 29.2 Å². The summed E-state index contributed by atoms with van der Waals surface area (Å²) in [5.41, 5.74) is 0.986. The Bertz CT molecular complexity index is 525. The molecule has 20 heavy (non-hydrogen) atoms. The topological polar surface area (TPSA) is 58.2 Å². The lowest BCUT2D eigenvalue weighted by Crippen LogP contribution is -2.23. The number of hydrogen-bond donors (Lipinski definition) is 2. The van der Waals surface area contributed by atoms with Gasteiger partial charge in [0.2, 0.25) is 10.0 Å². The van der Waals surface area contributed by atoms with Crippen molar-refractivity contribution < 1.29 is 8.42 Å². The van der Waals surface area contributed by atoms with Crippen molar-refractivity contribution in [1.82, 2.24) is 4.72 Å². The Morgan fingerprint density at radius 3 is 2.45 bits per heavy atom. The zero-order valence-corrected chi connectivity index (χ0v) is 13.0. The first kappa shape index (κ1) is 15.3. The van der Waals surface area contributed by atoms with Gasteiger partial charge >= 0.3 is 0 Å². The van der Waals surface area contributed by atoms with Gasteiger partial charge < -0.3 is 5.32 Å². The Labute approximate surface area is 122 Å². The van der Waals surface area contributed by atoms with Gasteiger partial charge in [0.05, 0.1) is 4.90 Å². The minimum atomic E-state index is -3.34. The number of nitrogens with one attached hydrogen (secondary N) is 2. The molecule has 0 bridgehead atoms. The summed E-state index contributed by atoms with van der Waals surface area (Å²) < 4.78 is 26.1. The summed E-state index contributed by atoms with van der Waals surface area (Å²) in [5.74, 6) is 1.52. The van der Waals surface area contributed by atoms with Gasteiger partial charge in [-0.15, -0.1) is 0 Å². The van der Waals surface area contributed by atoms with Crippen molar-refractivity contribution in [3.05, 3.63) is 24.3 Å². The molecule has 1 aromatic carbocycles. The molecule has 112 valence electrons. The van der Waals surface area contributed by atoms with Crippen molar-refractivity contribution in [2.75, 3.05) is 18.4 Å². The Kier molecular flexibility index (Phi) is 5.05. The van der Waals surface area contributed by atoms with E-state index in [4.69, 9.17) is 0 Å². The molecule has 0 radical (unpaired) electrons. The van der Waals surface area contributed by atoms with E-state index in [9.17, 15) is 8.42 Å². The fourth-order valence-electron chi connectivity index (χ4n) is 2.80. The Balaban J connectivity index is 1.95. The van der Waals surface area contributed by atoms with Gasteiger partial charge in [-0.25, -0.2) is 13.1 Å². The van der Waals surface area contributed by atoms with E-state index in [0.717, 1.165) is 24.1 Å². The molecular formula is C15H24N2O2S. The van der Waals surface area contributed by atoms with Crippen LogP contribution in [-0.2, 0) is 10.0 Å². The Hall–Kier alpha value is -1.07. The van der Waals surface area contributed by atoms with E-state index in [0.29, 0.717) is 11.4 Å². The predicted octanol–water partition coefficient (Wildman–Crippen LogP) is 2.83. The molecule has 1 aliphatic carbocycles. The van der Waals surface area contributed by atoms with Crippen LogP contribution in [0.4, 0.5) is 5.69 Å². The van der Waals surface area contributed by atoms with Crippen molar-refractivity contribution in [1.29, 1.82) is 0 Å². The molecule has 2 N–H and O–H groups in total. The van der Waals surface area contributed by atoms with Crippen molar-refractivity contribution >= 4 is 15.7 Å². The third kappa shape index (κ3) is 3.73. The molecule has 1 saturated carbocycles. The average Bonchev–Trinajstić information content (AvgIpc) is 2.82. The number of rotatable bonds is 6. The lowest BCUT2D eigenvalue weighted by atomic mass is 9.98. The van der Waals surface area contributed by atoms with Gasteiger partial charge in [-0.2, -0.15) is 0 Å². The van der Waals surface area contributed by atoms with E-state index in [1.165, 1.54) is 19.3 Å². The second kappa shape index (κ2) is 6.59. The second-order valence-corrected chi connectivity index (χ2v) is 7.34. The van der Waals surface area contributed by atoms with Crippen LogP contribution in [0.2, 0.25) is 0 Å². The van der Waals surface area contributed by atoms with Crippen molar-refractivity contribution in [2.24, 2.45) is 11.8 Å². The molecule has 2 rings (SSSR count). The van der Waals surface area contributed by atoms with Crippen LogP contribution in [0.1, 0.15) is 33.1 Å². The van der Waals surface area contributed by atoms with Gasteiger partial charge in [0.15, 0.2) is 0 Å². The normalized spacial score (nSPS) is 22.9. The number of sulfonamides is 1. The molecule has 1 aliphatic rings. The Morgan fingerprint density at radius 2 is 1.90 bits per heavy atom. The van der Waals surface area contributed by atoms with Crippen LogP contribution >= 0.6 is 0 Å². The minimum absolute atomic E-state index is 0.319. The van der Waals surface area contributed by atoms with Crippen LogP contribution in [0.5, 0.6) is 0 Å². The molecule has 5 heteroatoms. The van der Waals surface area contributed by atoms with Crippen LogP contribution in [0, 0.1) is 11.8 Å². The molecule has 2 atom stereocenters. The smallest absolute Gasteiger partial charge is 0.240 e. The zero-order valence-electron chi connectivity index (χ0n) is 12.2. The second-order valence-electron chi connectivity index (χ2n) is 5.57. The third-order valence-corrected chi connectivity index (χ3v) is 5.67. The lowest BCUT2D eigenvalue weighted by molar-refractivity contribution is 0.439. The first-order valence-corrected chi connectivity index (χ1v) is 8.85. The standard InChI is InChI=1S/C15H24N2O2S/c1-3-17-20(18,19)15-9-7-14(8-10-15)16-11-13-6-4-5-12(13)2/h7-10,12-13,16-17H,3-6,11H2,1-2H3. The third-order valence-electron chi connectivity index (χ3n) is 4.11. The molecule has 0 spiro atoms. The van der Waals surface area contributed by atoms with Crippen LogP contribution in [0.3, 0.4) is 0 Å². The van der Waals surface area contributed by atoms with E-state index in [1.54, 1.807) is 19.1 Å². The summed E-state index contributed by atoms with van der Waals surface area (Å²) in [7, 11) is -3.34. The van der Waals surface area contributed by atoms with Gasteiger partial charge in [0.1, 0.15) is 0 Å². The van der Waals surface area contributed by atoms with Crippen molar-refractivity contribution in [3.8, 4) is 0 Å². The summed E-state index contributed by atoms with van der Waals surface area (Å²) in [6.45, 7) is 5.46. The summed E-state index contributed by atoms with van der Waals surface area (Å²) in [6.07, 6.45) is 3.95. The molecule has 0 heterocycles. The number of benzene rings is 1. The van der Waals surface area contributed by atoms with Gasteiger partial charge in [0.25, 0.3) is 0 Å². The summed E-state index contributed by atoms with van der Waals surface area (Å²) in [6, 6.07) is 6.98. The van der Waals surface area contributed by atoms with Crippen molar-refractivity contribution in [2.45, 2.75) is 38.0 Å². The average molecular weight is 296 g/mol. The van der Waals surface area contributed by atoms with Gasteiger partial charge in [-0.1, -0.05) is 26.7 Å². The maximum atomic E-state index is 11.8. The zero-order chi connectivity index (χ0) is 14.6. The fourth-order valence-corrected chi connectivity index (χ4v) is 3.84. The van der Waals surface area contributed by atoms with E-state index in [-0.39, 0.29) is 0 Å². The van der Waals surface area contributed by atoms with Gasteiger partial charge in [-0.3, -0.25) is 0 Å². The number of hydrogen-bond acceptors (Lipinski definition) is 3. The van der Waals surface area contributed by atoms with Crippen molar-refractivity contribution in [3.63, 3.8) is 0 Å². The number of anilines is 1. The predicted molar refractivity (Wildman–Crippen MR) is 82.3 cm³/mol. The highest BCUT2D eigenvalue weighted by Gasteiger charge is 2.22. The highest BCUT2D eigenvalue weighted by Crippen LogP contribution is 2.31. The quantitative estimate of drug-likeness (QED) is 0.848. The maximum absolute atomic E-state index is 11.8. The fraction of sp³-hybridized carbons (Fsp3) is 0.600. The molecule has 0 aromatic heterocycles. The van der Waals surface area contributed by atoms with Gasteiger partial charge in [0, 0.05) is 18.8 Å². The molecule has 0 amide bonds. The van der Waals surface area contributed by atoms with Gasteiger partial charge in [-0.05, 0) is 42.5 Å². The van der Waals surface area contributed by atoms with E-state index < -0.39 is 10.0 Å². The van der Waals surface area contributed by atoms with Crippen LogP contribution in [0.25, 0.3) is 0 Å². The summed E-state index contributed by atoms with van der Waals surface area (Å²) in [4.78, 5) is 0.319. The molecule has 4 nitrogen and oxygen atoms in total. The molecule has 1 fully saturated rings. The minimum Gasteiger partial charge on any atom is -0.385 e. The molecule has 0 saturated heterocycles. The molecule has 0 aliphatic heterocycles. The first-order chi connectivity index (χ1) is 9.53. The SMILES string of the molecule is CCNS(=O)(=O)c1ccc(NCC2CCCC2C)cc1. The Morgan fingerprint density at radius 1 is 1.20 bits per heavy atom. The molecular weight excluding hydrogens is 272 g/mol. The largest absolute Gasteiger partial charge is 0.385 e. The molecule has 1 aromatic rings. The van der Waals surface area contributed by atoms with E-state index in [1.807, 2.05) is 12.1 Å². The van der Waals surface area contributed by atoms with Crippen LogP contribution in [-0.4, -0.2) is 21.5 Å². The van der Waals surface area contributed by atoms with E-state index >= 15 is 0 Å². The lowest BCUT2D eigenvalue weighted by Gasteiger charge is -2.17. The summed E-state index contributed by atoms with van der Waals surface area (Å²) in [5, 5.41) is 3.41.